The molecule has 1 aromatic carbocycles. The van der Waals surface area contributed by atoms with Crippen molar-refractivity contribution in [2.45, 2.75) is 39.0 Å². The predicted octanol–water partition coefficient (Wildman–Crippen LogP) is 2.07. The van der Waals surface area contributed by atoms with Crippen LogP contribution in [0.1, 0.15) is 39.2 Å². The number of hydrogen-bond donors (Lipinski definition) is 1. The number of nitrogens with one attached hydrogen (secondary N) is 1. The van der Waals surface area contributed by atoms with E-state index < -0.39 is 0 Å². The summed E-state index contributed by atoms with van der Waals surface area (Å²) in [7, 11) is 0. The summed E-state index contributed by atoms with van der Waals surface area (Å²) in [5.41, 5.74) is 0.858. The van der Waals surface area contributed by atoms with Gasteiger partial charge >= 0.3 is 0 Å². The van der Waals surface area contributed by atoms with Gasteiger partial charge in [-0.2, -0.15) is 0 Å². The molecule has 2 aliphatic rings. The van der Waals surface area contributed by atoms with Gasteiger partial charge in [-0.15, -0.1) is 0 Å². The van der Waals surface area contributed by atoms with Crippen LogP contribution in [0.4, 0.5) is 0 Å². The molecule has 1 saturated heterocycles. The van der Waals surface area contributed by atoms with Crippen LogP contribution >= 0.6 is 0 Å². The second-order valence-electron chi connectivity index (χ2n) is 7.47. The Kier molecular flexibility index (Phi) is 4.88. The molecule has 2 heterocycles. The van der Waals surface area contributed by atoms with Crippen LogP contribution in [0, 0.1) is 5.92 Å². The molecule has 0 aliphatic carbocycles. The molecule has 0 unspecified atom stereocenters. The van der Waals surface area contributed by atoms with Crippen molar-refractivity contribution >= 4 is 11.8 Å². The first-order valence-corrected chi connectivity index (χ1v) is 8.80. The fraction of sp³-hybridized carbons (Fsp3) is 0.579. The van der Waals surface area contributed by atoms with Crippen LogP contribution in [0.2, 0.25) is 0 Å². The molecule has 0 aromatic heterocycles. The summed E-state index contributed by atoms with van der Waals surface area (Å²) in [6.07, 6.45) is 1.71. The number of hydrogen-bond acceptors (Lipinski definition) is 4. The summed E-state index contributed by atoms with van der Waals surface area (Å²) in [6, 6.07) is 5.90. The Balaban J connectivity index is 1.60. The van der Waals surface area contributed by atoms with E-state index in [0.29, 0.717) is 13.1 Å². The third-order valence-electron chi connectivity index (χ3n) is 5.10. The van der Waals surface area contributed by atoms with Gasteiger partial charge in [0.05, 0.1) is 5.92 Å². The Morgan fingerprint density at radius 2 is 2.04 bits per heavy atom. The van der Waals surface area contributed by atoms with Gasteiger partial charge in [-0.1, -0.05) is 19.9 Å². The highest BCUT2D eigenvalue weighted by molar-refractivity contribution is 5.80. The van der Waals surface area contributed by atoms with Crippen molar-refractivity contribution in [2.75, 3.05) is 26.4 Å². The topological polar surface area (TPSA) is 67.9 Å². The summed E-state index contributed by atoms with van der Waals surface area (Å²) >= 11 is 0. The van der Waals surface area contributed by atoms with Crippen LogP contribution in [0.15, 0.2) is 18.2 Å². The Hall–Kier alpha value is -2.24. The van der Waals surface area contributed by atoms with E-state index in [1.165, 1.54) is 0 Å². The number of carbonyl (C=O) groups is 2. The largest absolute Gasteiger partial charge is 0.454 e. The highest BCUT2D eigenvalue weighted by Crippen LogP contribution is 2.36. The zero-order valence-corrected chi connectivity index (χ0v) is 15.1. The molecule has 6 heteroatoms. The molecule has 0 saturated carbocycles. The maximum atomic E-state index is 12.5. The molecule has 0 bridgehead atoms. The number of piperidine rings is 1. The highest BCUT2D eigenvalue weighted by atomic mass is 16.7. The van der Waals surface area contributed by atoms with Crippen molar-refractivity contribution in [3.63, 3.8) is 0 Å². The first-order chi connectivity index (χ1) is 11.9. The standard InChI is InChI=1S/C19H26N2O4/c1-13(22)21-8-4-5-14(10-21)18(23)20-11-19(2,3)15-6-7-16-17(9-15)25-12-24-16/h6-7,9,14H,4-5,8,10-12H2,1-3H3,(H,20,23)/t14-/m1/s1. The Bertz CT molecular complexity index is 671. The van der Waals surface area contributed by atoms with Gasteiger partial charge in [0, 0.05) is 32.0 Å². The molecule has 25 heavy (non-hydrogen) atoms. The second-order valence-corrected chi connectivity index (χ2v) is 7.47. The lowest BCUT2D eigenvalue weighted by atomic mass is 9.84. The van der Waals surface area contributed by atoms with Gasteiger partial charge in [-0.3, -0.25) is 9.59 Å². The zero-order chi connectivity index (χ0) is 18.0. The number of amides is 2. The lowest BCUT2D eigenvalue weighted by Crippen LogP contribution is -2.46. The van der Waals surface area contributed by atoms with Crippen LogP contribution in [-0.2, 0) is 15.0 Å². The fourth-order valence-corrected chi connectivity index (χ4v) is 3.35. The quantitative estimate of drug-likeness (QED) is 0.906. The molecule has 1 fully saturated rings. The van der Waals surface area contributed by atoms with E-state index in [1.807, 2.05) is 18.2 Å². The third-order valence-corrected chi connectivity index (χ3v) is 5.10. The van der Waals surface area contributed by atoms with E-state index in [9.17, 15) is 9.59 Å². The molecule has 2 amide bonds. The summed E-state index contributed by atoms with van der Waals surface area (Å²) in [4.78, 5) is 25.8. The molecule has 2 aliphatic heterocycles. The normalized spacial score (nSPS) is 19.6. The number of carbonyl (C=O) groups excluding carboxylic acids is 2. The number of benzene rings is 1. The molecule has 136 valence electrons. The molecule has 0 spiro atoms. The highest BCUT2D eigenvalue weighted by Gasteiger charge is 2.29. The van der Waals surface area contributed by atoms with Gasteiger partial charge in [-0.25, -0.2) is 0 Å². The molecular weight excluding hydrogens is 320 g/mol. The molecule has 1 atom stereocenters. The number of rotatable bonds is 4. The maximum Gasteiger partial charge on any atom is 0.231 e. The maximum absolute atomic E-state index is 12.5. The molecule has 3 rings (SSSR count). The SMILES string of the molecule is CC(=O)N1CCC[C@@H](C(=O)NCC(C)(C)c2ccc3c(c2)OCO3)C1. The molecule has 0 radical (unpaired) electrons. The van der Waals surface area contributed by atoms with E-state index in [-0.39, 0.29) is 29.9 Å². The second kappa shape index (κ2) is 6.94. The number of fused-ring (bicyclic) bond motifs is 1. The number of ether oxygens (including phenoxy) is 2. The van der Waals surface area contributed by atoms with E-state index in [0.717, 1.165) is 36.4 Å². The summed E-state index contributed by atoms with van der Waals surface area (Å²) in [5, 5.41) is 3.07. The van der Waals surface area contributed by atoms with Crippen LogP contribution in [0.25, 0.3) is 0 Å². The Morgan fingerprint density at radius 1 is 1.28 bits per heavy atom. The van der Waals surface area contributed by atoms with Crippen LogP contribution < -0.4 is 14.8 Å². The van der Waals surface area contributed by atoms with Crippen molar-refractivity contribution < 1.29 is 19.1 Å². The van der Waals surface area contributed by atoms with Gasteiger partial charge < -0.3 is 19.7 Å². The lowest BCUT2D eigenvalue weighted by molar-refractivity contribution is -0.134. The van der Waals surface area contributed by atoms with Gasteiger partial charge in [0.1, 0.15) is 0 Å². The minimum absolute atomic E-state index is 0.0276. The van der Waals surface area contributed by atoms with E-state index in [1.54, 1.807) is 11.8 Å². The third kappa shape index (κ3) is 3.89. The smallest absolute Gasteiger partial charge is 0.231 e. The Morgan fingerprint density at radius 3 is 2.80 bits per heavy atom. The summed E-state index contributed by atoms with van der Waals surface area (Å²) in [5.74, 6) is 1.46. The minimum atomic E-state index is -0.231. The zero-order valence-electron chi connectivity index (χ0n) is 15.1. The van der Waals surface area contributed by atoms with Crippen molar-refractivity contribution in [1.29, 1.82) is 0 Å². The van der Waals surface area contributed by atoms with E-state index >= 15 is 0 Å². The monoisotopic (exact) mass is 346 g/mol. The molecule has 6 nitrogen and oxygen atoms in total. The summed E-state index contributed by atoms with van der Waals surface area (Å²) in [6.45, 7) is 7.80. The van der Waals surface area contributed by atoms with Crippen LogP contribution in [0.5, 0.6) is 11.5 Å². The average molecular weight is 346 g/mol. The fourth-order valence-electron chi connectivity index (χ4n) is 3.35. The van der Waals surface area contributed by atoms with Crippen molar-refractivity contribution in [1.82, 2.24) is 10.2 Å². The molecule has 1 aromatic rings. The minimum Gasteiger partial charge on any atom is -0.454 e. The van der Waals surface area contributed by atoms with Crippen molar-refractivity contribution in [3.8, 4) is 11.5 Å². The predicted molar refractivity (Wildman–Crippen MR) is 93.6 cm³/mol. The average Bonchev–Trinajstić information content (AvgIpc) is 3.07. The van der Waals surface area contributed by atoms with E-state index in [2.05, 4.69) is 19.2 Å². The van der Waals surface area contributed by atoms with E-state index in [4.69, 9.17) is 9.47 Å². The summed E-state index contributed by atoms with van der Waals surface area (Å²) < 4.78 is 10.8. The van der Waals surface area contributed by atoms with Gasteiger partial charge in [0.25, 0.3) is 0 Å². The number of likely N-dealkylation sites (tertiary alicyclic amines) is 1. The van der Waals surface area contributed by atoms with Gasteiger partial charge in [0.2, 0.25) is 18.6 Å². The first kappa shape index (κ1) is 17.6. The number of nitrogens with zero attached hydrogens (tertiary/aromatic N) is 1. The van der Waals surface area contributed by atoms with Crippen molar-refractivity contribution in [3.05, 3.63) is 23.8 Å². The molecular formula is C19H26N2O4. The van der Waals surface area contributed by atoms with Crippen LogP contribution in [0.3, 0.4) is 0 Å². The van der Waals surface area contributed by atoms with Crippen molar-refractivity contribution in [2.24, 2.45) is 5.92 Å². The van der Waals surface area contributed by atoms with Gasteiger partial charge in [0.15, 0.2) is 11.5 Å². The first-order valence-electron chi connectivity index (χ1n) is 8.80. The van der Waals surface area contributed by atoms with Crippen LogP contribution in [-0.4, -0.2) is 43.1 Å². The Labute approximate surface area is 148 Å². The van der Waals surface area contributed by atoms with Gasteiger partial charge in [-0.05, 0) is 30.5 Å². The lowest BCUT2D eigenvalue weighted by Gasteiger charge is -2.32. The molecule has 1 N–H and O–H groups in total.